The monoisotopic (exact) mass is 484 g/mol. The SMILES string of the molecule is O=C(NCC(c1ccc(Cl)cc1Cl)c1c[nH]c2ccccc12)N1CCC(N2CCCC2)CC1. The standard InChI is InChI=1S/C26H30Cl2N4O/c27-18-7-8-20(24(28)15-18)22(23-16-29-25-6-2-1-5-21(23)25)17-30-26(33)32-13-9-19(10-14-32)31-11-3-4-12-31/h1-2,5-8,15-16,19,22,29H,3-4,9-14,17H2,(H,30,33). The Kier molecular flexibility index (Phi) is 6.81. The fourth-order valence-corrected chi connectivity index (χ4v) is 5.94. The minimum absolute atomic E-state index is 0.00444. The molecule has 2 aliphatic heterocycles. The Labute approximate surface area is 205 Å². The van der Waals surface area contributed by atoms with E-state index in [4.69, 9.17) is 23.2 Å². The maximum Gasteiger partial charge on any atom is 0.317 e. The summed E-state index contributed by atoms with van der Waals surface area (Å²) in [5.74, 6) is -0.0861. The molecule has 2 amide bonds. The van der Waals surface area contributed by atoms with Gasteiger partial charge in [-0.1, -0.05) is 47.5 Å². The maximum atomic E-state index is 13.1. The number of rotatable bonds is 5. The van der Waals surface area contributed by atoms with Crippen molar-refractivity contribution in [3.8, 4) is 0 Å². The van der Waals surface area contributed by atoms with Crippen molar-refractivity contribution >= 4 is 40.1 Å². The van der Waals surface area contributed by atoms with Crippen molar-refractivity contribution in [3.05, 3.63) is 69.8 Å². The van der Waals surface area contributed by atoms with E-state index in [1.165, 1.54) is 25.9 Å². The number of nitrogens with zero attached hydrogens (tertiary/aromatic N) is 2. The zero-order valence-electron chi connectivity index (χ0n) is 18.7. The molecule has 2 aliphatic rings. The number of para-hydroxylation sites is 1. The molecule has 0 radical (unpaired) electrons. The number of H-pyrrole nitrogens is 1. The first-order valence-corrected chi connectivity index (χ1v) is 12.6. The van der Waals surface area contributed by atoms with Gasteiger partial charge >= 0.3 is 6.03 Å². The highest BCUT2D eigenvalue weighted by molar-refractivity contribution is 6.35. The van der Waals surface area contributed by atoms with Gasteiger partial charge in [0.1, 0.15) is 0 Å². The molecular weight excluding hydrogens is 455 g/mol. The molecule has 3 heterocycles. The van der Waals surface area contributed by atoms with Crippen LogP contribution in [0.15, 0.2) is 48.7 Å². The number of benzene rings is 2. The molecule has 2 N–H and O–H groups in total. The first-order valence-electron chi connectivity index (χ1n) is 11.9. The van der Waals surface area contributed by atoms with Crippen LogP contribution in [0.25, 0.3) is 10.9 Å². The van der Waals surface area contributed by atoms with Crippen molar-refractivity contribution in [2.24, 2.45) is 0 Å². The summed E-state index contributed by atoms with van der Waals surface area (Å²) in [6, 6.07) is 14.4. The predicted octanol–water partition coefficient (Wildman–Crippen LogP) is 5.88. The normalized spacial score (nSPS) is 18.7. The molecule has 2 saturated heterocycles. The van der Waals surface area contributed by atoms with E-state index < -0.39 is 0 Å². The molecule has 3 aromatic rings. The number of likely N-dealkylation sites (tertiary alicyclic amines) is 2. The Bertz CT molecular complexity index is 1120. The van der Waals surface area contributed by atoms with Crippen LogP contribution in [-0.4, -0.2) is 59.6 Å². The fraction of sp³-hybridized carbons (Fsp3) is 0.423. The van der Waals surface area contributed by atoms with Crippen molar-refractivity contribution in [3.63, 3.8) is 0 Å². The number of fused-ring (bicyclic) bond motifs is 1. The molecule has 1 unspecified atom stereocenters. The minimum Gasteiger partial charge on any atom is -0.361 e. The summed E-state index contributed by atoms with van der Waals surface area (Å²) in [4.78, 5) is 21.0. The number of aromatic nitrogens is 1. The lowest BCUT2D eigenvalue weighted by atomic mass is 9.90. The van der Waals surface area contributed by atoms with E-state index in [0.717, 1.165) is 48.0 Å². The largest absolute Gasteiger partial charge is 0.361 e. The van der Waals surface area contributed by atoms with Crippen LogP contribution in [0.3, 0.4) is 0 Å². The number of halogens is 2. The third kappa shape index (κ3) is 4.86. The van der Waals surface area contributed by atoms with Crippen LogP contribution in [0.4, 0.5) is 4.79 Å². The maximum absolute atomic E-state index is 13.1. The lowest BCUT2D eigenvalue weighted by Crippen LogP contribution is -2.49. The van der Waals surface area contributed by atoms with Crippen molar-refractivity contribution in [1.29, 1.82) is 0 Å². The lowest BCUT2D eigenvalue weighted by Gasteiger charge is -2.36. The second-order valence-corrected chi connectivity index (χ2v) is 10.00. The van der Waals surface area contributed by atoms with E-state index in [0.29, 0.717) is 22.6 Å². The summed E-state index contributed by atoms with van der Waals surface area (Å²) in [6.07, 6.45) is 6.75. The second kappa shape index (κ2) is 9.96. The summed E-state index contributed by atoms with van der Waals surface area (Å²) < 4.78 is 0. The van der Waals surface area contributed by atoms with E-state index in [9.17, 15) is 4.79 Å². The molecular formula is C26H30Cl2N4O. The summed E-state index contributed by atoms with van der Waals surface area (Å²) >= 11 is 12.8. The van der Waals surface area contributed by atoms with Crippen LogP contribution >= 0.6 is 23.2 Å². The number of hydrogen-bond donors (Lipinski definition) is 2. The molecule has 1 atom stereocenters. The van der Waals surface area contributed by atoms with E-state index in [1.54, 1.807) is 6.07 Å². The van der Waals surface area contributed by atoms with Crippen LogP contribution in [0, 0.1) is 0 Å². The van der Waals surface area contributed by atoms with Crippen molar-refractivity contribution in [2.45, 2.75) is 37.6 Å². The number of aromatic amines is 1. The average molecular weight is 485 g/mol. The van der Waals surface area contributed by atoms with Crippen molar-refractivity contribution < 1.29 is 4.79 Å². The van der Waals surface area contributed by atoms with Crippen molar-refractivity contribution in [1.82, 2.24) is 20.1 Å². The number of carbonyl (C=O) groups excluding carboxylic acids is 1. The first-order chi connectivity index (χ1) is 16.1. The van der Waals surface area contributed by atoms with Crippen LogP contribution in [0.1, 0.15) is 42.7 Å². The van der Waals surface area contributed by atoms with Gasteiger partial charge in [-0.15, -0.1) is 0 Å². The third-order valence-corrected chi connectivity index (χ3v) is 7.76. The summed E-state index contributed by atoms with van der Waals surface area (Å²) in [5, 5.41) is 5.54. The van der Waals surface area contributed by atoms with Gasteiger partial charge in [0.05, 0.1) is 0 Å². The zero-order chi connectivity index (χ0) is 22.8. The van der Waals surface area contributed by atoms with E-state index >= 15 is 0 Å². The zero-order valence-corrected chi connectivity index (χ0v) is 20.2. The van der Waals surface area contributed by atoms with Crippen LogP contribution in [-0.2, 0) is 0 Å². The molecule has 174 valence electrons. The molecule has 5 nitrogen and oxygen atoms in total. The number of piperidine rings is 1. The fourth-order valence-electron chi connectivity index (χ4n) is 5.40. The number of nitrogens with one attached hydrogen (secondary N) is 2. The lowest BCUT2D eigenvalue weighted by molar-refractivity contribution is 0.134. The topological polar surface area (TPSA) is 51.4 Å². The Hall–Kier alpha value is -2.21. The molecule has 1 aromatic heterocycles. The Morgan fingerprint density at radius 3 is 2.55 bits per heavy atom. The van der Waals surface area contributed by atoms with E-state index in [2.05, 4.69) is 27.3 Å². The number of carbonyl (C=O) groups is 1. The van der Waals surface area contributed by atoms with Crippen molar-refractivity contribution in [2.75, 3.05) is 32.7 Å². The molecule has 2 aromatic carbocycles. The quantitative estimate of drug-likeness (QED) is 0.475. The molecule has 0 saturated carbocycles. The second-order valence-electron chi connectivity index (χ2n) is 9.16. The van der Waals surface area contributed by atoms with Gasteiger partial charge in [0.25, 0.3) is 0 Å². The van der Waals surface area contributed by atoms with E-state index in [1.807, 2.05) is 35.4 Å². The van der Waals surface area contributed by atoms with Gasteiger partial charge in [0.15, 0.2) is 0 Å². The number of hydrogen-bond acceptors (Lipinski definition) is 2. The predicted molar refractivity (Wildman–Crippen MR) is 135 cm³/mol. The van der Waals surface area contributed by atoms with Gasteiger partial charge in [0.2, 0.25) is 0 Å². The Balaban J connectivity index is 1.31. The summed E-state index contributed by atoms with van der Waals surface area (Å²) in [6.45, 7) is 4.52. The minimum atomic E-state index is -0.0861. The third-order valence-electron chi connectivity index (χ3n) is 7.20. The number of urea groups is 1. The molecule has 5 rings (SSSR count). The van der Waals surface area contributed by atoms with Gasteiger partial charge in [0, 0.05) is 58.7 Å². The highest BCUT2D eigenvalue weighted by atomic mass is 35.5. The van der Waals surface area contributed by atoms with Gasteiger partial charge in [-0.3, -0.25) is 0 Å². The summed E-state index contributed by atoms with van der Waals surface area (Å²) in [5.41, 5.74) is 3.14. The Morgan fingerprint density at radius 1 is 1.03 bits per heavy atom. The Morgan fingerprint density at radius 2 is 1.79 bits per heavy atom. The molecule has 33 heavy (non-hydrogen) atoms. The molecule has 7 heteroatoms. The van der Waals surface area contributed by atoms with Gasteiger partial charge in [-0.25, -0.2) is 4.79 Å². The van der Waals surface area contributed by atoms with Gasteiger partial charge in [-0.2, -0.15) is 0 Å². The van der Waals surface area contributed by atoms with Crippen LogP contribution in [0.2, 0.25) is 10.0 Å². The van der Waals surface area contributed by atoms with Gasteiger partial charge < -0.3 is 20.1 Å². The average Bonchev–Trinajstić information content (AvgIpc) is 3.51. The number of amides is 2. The smallest absolute Gasteiger partial charge is 0.317 e. The highest BCUT2D eigenvalue weighted by Gasteiger charge is 2.29. The molecule has 0 bridgehead atoms. The van der Waals surface area contributed by atoms with E-state index in [-0.39, 0.29) is 11.9 Å². The summed E-state index contributed by atoms with van der Waals surface area (Å²) in [7, 11) is 0. The first kappa shape index (κ1) is 22.6. The molecule has 0 aliphatic carbocycles. The highest BCUT2D eigenvalue weighted by Crippen LogP contribution is 2.35. The van der Waals surface area contributed by atoms with Crippen LogP contribution < -0.4 is 5.32 Å². The molecule has 2 fully saturated rings. The molecule has 0 spiro atoms. The van der Waals surface area contributed by atoms with Gasteiger partial charge in [-0.05, 0) is 68.1 Å². The van der Waals surface area contributed by atoms with Crippen LogP contribution in [0.5, 0.6) is 0 Å².